The van der Waals surface area contributed by atoms with Gasteiger partial charge in [-0.1, -0.05) is 17.3 Å². The van der Waals surface area contributed by atoms with Crippen molar-refractivity contribution in [1.82, 2.24) is 10.1 Å². The summed E-state index contributed by atoms with van der Waals surface area (Å²) in [6.45, 7) is 2.96. The minimum Gasteiger partial charge on any atom is -0.452 e. The van der Waals surface area contributed by atoms with Gasteiger partial charge in [-0.15, -0.1) is 0 Å². The van der Waals surface area contributed by atoms with Gasteiger partial charge in [-0.2, -0.15) is 4.98 Å². The lowest BCUT2D eigenvalue weighted by atomic mass is 10.2. The van der Waals surface area contributed by atoms with Crippen LogP contribution in [0, 0.1) is 0 Å². The minimum atomic E-state index is -1.27. The number of carbonyl (C=O) groups excluding carboxylic acids is 2. The van der Waals surface area contributed by atoms with Crippen molar-refractivity contribution in [2.45, 2.75) is 19.6 Å². The van der Waals surface area contributed by atoms with Crippen molar-refractivity contribution in [1.29, 1.82) is 0 Å². The lowest BCUT2D eigenvalue weighted by molar-refractivity contribution is -0.222. The molecule has 1 saturated heterocycles. The summed E-state index contributed by atoms with van der Waals surface area (Å²) < 4.78 is 19.8. The number of rotatable bonds is 4. The van der Waals surface area contributed by atoms with E-state index < -0.39 is 17.7 Å². The summed E-state index contributed by atoms with van der Waals surface area (Å²) in [4.78, 5) is 27.8. The fourth-order valence-corrected chi connectivity index (χ4v) is 2.09. The highest BCUT2D eigenvalue weighted by Gasteiger charge is 2.38. The van der Waals surface area contributed by atoms with Crippen LogP contribution >= 0.6 is 0 Å². The van der Waals surface area contributed by atoms with Gasteiger partial charge in [0.15, 0.2) is 5.57 Å². The molecule has 1 aliphatic rings. The first kappa shape index (κ1) is 16.5. The second kappa shape index (κ2) is 6.27. The number of anilines is 1. The van der Waals surface area contributed by atoms with Crippen LogP contribution < -0.4 is 10.1 Å². The molecule has 1 aromatic carbocycles. The number of carbonyl (C=O) groups is 2. The molecule has 3 rings (SSSR count). The molecule has 1 N–H and O–H groups in total. The summed E-state index contributed by atoms with van der Waals surface area (Å²) in [5.41, 5.74) is 1.02. The third-order valence-electron chi connectivity index (χ3n) is 3.20. The predicted octanol–water partition coefficient (Wildman–Crippen LogP) is 1.88. The zero-order chi connectivity index (χ0) is 18.0. The highest BCUT2D eigenvalue weighted by molar-refractivity contribution is 6.15. The molecule has 25 heavy (non-hydrogen) atoms. The van der Waals surface area contributed by atoms with E-state index in [9.17, 15) is 9.59 Å². The highest BCUT2D eigenvalue weighted by atomic mass is 16.7. The van der Waals surface area contributed by atoms with E-state index in [2.05, 4.69) is 15.5 Å². The van der Waals surface area contributed by atoms with E-state index in [4.69, 9.17) is 18.7 Å². The number of aromatic nitrogens is 2. The highest BCUT2D eigenvalue weighted by Crippen LogP contribution is 2.24. The fraction of sp³-hybridized carbons (Fsp3) is 0.250. The summed E-state index contributed by atoms with van der Waals surface area (Å²) in [6, 6.07) is 6.97. The third kappa shape index (κ3) is 3.60. The van der Waals surface area contributed by atoms with Crippen LogP contribution in [0.15, 0.2) is 40.6 Å². The van der Waals surface area contributed by atoms with Gasteiger partial charge in [-0.3, -0.25) is 4.52 Å². The van der Waals surface area contributed by atoms with E-state index in [1.807, 2.05) is 0 Å². The SMILES string of the molecule is COc1nc(-c2cccc(NC=C3C(=O)OC(C)(C)OC3=O)c2)no1. The second-order valence-corrected chi connectivity index (χ2v) is 5.55. The number of cyclic esters (lactones) is 2. The van der Waals surface area contributed by atoms with Gasteiger partial charge < -0.3 is 19.5 Å². The molecule has 1 aromatic heterocycles. The number of hydrogen-bond donors (Lipinski definition) is 1. The van der Waals surface area contributed by atoms with Crippen molar-refractivity contribution >= 4 is 17.6 Å². The first-order valence-electron chi connectivity index (χ1n) is 7.29. The monoisotopic (exact) mass is 345 g/mol. The van der Waals surface area contributed by atoms with E-state index in [1.165, 1.54) is 27.2 Å². The lowest BCUT2D eigenvalue weighted by Crippen LogP contribution is -2.42. The number of nitrogens with one attached hydrogen (secondary N) is 1. The maximum Gasteiger partial charge on any atom is 0.417 e. The summed E-state index contributed by atoms with van der Waals surface area (Å²) >= 11 is 0. The van der Waals surface area contributed by atoms with Crippen LogP contribution in [0.2, 0.25) is 0 Å². The van der Waals surface area contributed by atoms with Crippen LogP contribution in [0.3, 0.4) is 0 Å². The van der Waals surface area contributed by atoms with Gasteiger partial charge in [0.25, 0.3) is 5.79 Å². The van der Waals surface area contributed by atoms with E-state index in [0.29, 0.717) is 17.1 Å². The Morgan fingerprint density at radius 1 is 1.20 bits per heavy atom. The molecule has 0 amide bonds. The Labute approximate surface area is 142 Å². The van der Waals surface area contributed by atoms with Gasteiger partial charge >= 0.3 is 18.0 Å². The molecule has 2 aromatic rings. The molecule has 9 heteroatoms. The van der Waals surface area contributed by atoms with Crippen LogP contribution in [0.4, 0.5) is 5.69 Å². The Kier molecular flexibility index (Phi) is 4.14. The number of nitrogens with zero attached hydrogens (tertiary/aromatic N) is 2. The van der Waals surface area contributed by atoms with Crippen molar-refractivity contribution in [2.75, 3.05) is 12.4 Å². The standard InChI is InChI=1S/C16H15N3O6/c1-16(2)23-13(20)11(14(21)24-16)8-17-10-6-4-5-9(7-10)12-18-15(22-3)25-19-12/h4-8,17H,1-3H3. The molecular weight excluding hydrogens is 330 g/mol. The van der Waals surface area contributed by atoms with Gasteiger partial charge in [-0.25, -0.2) is 9.59 Å². The number of benzene rings is 1. The summed E-state index contributed by atoms with van der Waals surface area (Å²) in [6.07, 6.45) is 1.28. The Bertz CT molecular complexity index is 833. The molecule has 0 saturated carbocycles. The maximum absolute atomic E-state index is 11.9. The molecule has 0 atom stereocenters. The molecule has 0 unspecified atom stereocenters. The van der Waals surface area contributed by atoms with Gasteiger partial charge in [0.05, 0.1) is 7.11 Å². The summed E-state index contributed by atoms with van der Waals surface area (Å²) in [7, 11) is 1.42. The van der Waals surface area contributed by atoms with E-state index in [-0.39, 0.29) is 11.6 Å². The smallest absolute Gasteiger partial charge is 0.417 e. The Morgan fingerprint density at radius 2 is 1.92 bits per heavy atom. The third-order valence-corrected chi connectivity index (χ3v) is 3.20. The molecule has 9 nitrogen and oxygen atoms in total. The van der Waals surface area contributed by atoms with Crippen LogP contribution in [0.5, 0.6) is 6.08 Å². The van der Waals surface area contributed by atoms with Crippen molar-refractivity contribution in [3.8, 4) is 17.5 Å². The van der Waals surface area contributed by atoms with Crippen molar-refractivity contribution in [3.63, 3.8) is 0 Å². The van der Waals surface area contributed by atoms with Crippen LogP contribution in [-0.4, -0.2) is 35.0 Å². The van der Waals surface area contributed by atoms with Crippen LogP contribution in [0.1, 0.15) is 13.8 Å². The van der Waals surface area contributed by atoms with E-state index in [0.717, 1.165) is 0 Å². The summed E-state index contributed by atoms with van der Waals surface area (Å²) in [5.74, 6) is -2.45. The van der Waals surface area contributed by atoms with Crippen molar-refractivity contribution < 1.29 is 28.3 Å². The molecule has 0 spiro atoms. The Morgan fingerprint density at radius 3 is 2.56 bits per heavy atom. The minimum absolute atomic E-state index is 0.0470. The molecule has 1 aliphatic heterocycles. The molecular formula is C16H15N3O6. The Balaban J connectivity index is 1.78. The van der Waals surface area contributed by atoms with Crippen LogP contribution in [-0.2, 0) is 19.1 Å². The predicted molar refractivity (Wildman–Crippen MR) is 84.3 cm³/mol. The molecule has 1 fully saturated rings. The van der Waals surface area contributed by atoms with Crippen LogP contribution in [0.25, 0.3) is 11.4 Å². The van der Waals surface area contributed by atoms with E-state index >= 15 is 0 Å². The number of methoxy groups -OCH3 is 1. The molecule has 0 radical (unpaired) electrons. The van der Waals surface area contributed by atoms with Crippen molar-refractivity contribution in [2.24, 2.45) is 0 Å². The van der Waals surface area contributed by atoms with Crippen molar-refractivity contribution in [3.05, 3.63) is 36.0 Å². The average Bonchev–Trinajstić information content (AvgIpc) is 3.02. The first-order chi connectivity index (χ1) is 11.9. The number of esters is 2. The fourth-order valence-electron chi connectivity index (χ4n) is 2.09. The molecule has 2 heterocycles. The average molecular weight is 345 g/mol. The molecule has 0 aliphatic carbocycles. The second-order valence-electron chi connectivity index (χ2n) is 5.55. The molecule has 130 valence electrons. The zero-order valence-corrected chi connectivity index (χ0v) is 13.7. The molecule has 0 bridgehead atoms. The summed E-state index contributed by atoms with van der Waals surface area (Å²) in [5, 5.41) is 6.64. The van der Waals surface area contributed by atoms with Gasteiger partial charge in [0.1, 0.15) is 0 Å². The normalized spacial score (nSPS) is 16.0. The topological polar surface area (TPSA) is 113 Å². The van der Waals surface area contributed by atoms with E-state index in [1.54, 1.807) is 24.3 Å². The number of ether oxygens (including phenoxy) is 3. The van der Waals surface area contributed by atoms with Gasteiger partial charge in [-0.05, 0) is 12.1 Å². The largest absolute Gasteiger partial charge is 0.452 e. The maximum atomic E-state index is 11.9. The Hall–Kier alpha value is -3.36. The lowest BCUT2D eigenvalue weighted by Gasteiger charge is -2.29. The zero-order valence-electron chi connectivity index (χ0n) is 13.7. The van der Waals surface area contributed by atoms with Gasteiger partial charge in [0.2, 0.25) is 5.82 Å². The van der Waals surface area contributed by atoms with Gasteiger partial charge in [0, 0.05) is 31.3 Å². The quantitative estimate of drug-likeness (QED) is 0.504. The first-order valence-corrected chi connectivity index (χ1v) is 7.29. The number of hydrogen-bond acceptors (Lipinski definition) is 9.